The van der Waals surface area contributed by atoms with E-state index in [0.717, 1.165) is 44.9 Å². The van der Waals surface area contributed by atoms with Crippen LogP contribution in [0.1, 0.15) is 106 Å². The van der Waals surface area contributed by atoms with Crippen molar-refractivity contribution in [2.24, 2.45) is 44.8 Å². The quantitative estimate of drug-likeness (QED) is 0.442. The minimum Gasteiger partial charge on any atom is -0.481 e. The normalized spacial score (nSPS) is 51.0. The Bertz CT molecular complexity index is 942. The van der Waals surface area contributed by atoms with Gasteiger partial charge >= 0.3 is 5.97 Å². The average molecular weight is 455 g/mol. The van der Waals surface area contributed by atoms with Gasteiger partial charge in [-0.25, -0.2) is 0 Å². The lowest BCUT2D eigenvalue weighted by Gasteiger charge is -2.70. The first-order valence-electron chi connectivity index (χ1n) is 13.6. The predicted molar refractivity (Wildman–Crippen MR) is 133 cm³/mol. The third kappa shape index (κ3) is 2.69. The zero-order valence-electron chi connectivity index (χ0n) is 22.1. The van der Waals surface area contributed by atoms with Gasteiger partial charge in [0.1, 0.15) is 0 Å². The van der Waals surface area contributed by atoms with Gasteiger partial charge in [0.15, 0.2) is 0 Å². The summed E-state index contributed by atoms with van der Waals surface area (Å²) < 4.78 is 0. The Morgan fingerprint density at radius 2 is 1.64 bits per heavy atom. The second-order valence-corrected chi connectivity index (χ2v) is 14.0. The molecule has 3 nitrogen and oxygen atoms in total. The molecular weight excluding hydrogens is 408 g/mol. The highest BCUT2D eigenvalue weighted by Crippen LogP contribution is 2.75. The molecular formula is C30H46O3. The predicted octanol–water partition coefficient (Wildman–Crippen LogP) is 7.15. The first-order valence-corrected chi connectivity index (χ1v) is 13.6. The lowest BCUT2D eigenvalue weighted by molar-refractivity contribution is -0.197. The van der Waals surface area contributed by atoms with Crippen molar-refractivity contribution in [2.45, 2.75) is 112 Å². The first kappa shape index (κ1) is 23.6. The van der Waals surface area contributed by atoms with Crippen LogP contribution < -0.4 is 0 Å². The molecule has 0 aliphatic heterocycles. The fourth-order valence-electron chi connectivity index (χ4n) is 10.2. The molecule has 3 heteroatoms. The molecule has 3 saturated carbocycles. The minimum absolute atomic E-state index is 0.0245. The van der Waals surface area contributed by atoms with E-state index in [0.29, 0.717) is 17.8 Å². The summed E-state index contributed by atoms with van der Waals surface area (Å²) in [6.07, 6.45) is 11.3. The molecule has 0 aromatic heterocycles. The number of allylic oxidation sites excluding steroid dienone is 3. The lowest BCUT2D eigenvalue weighted by atomic mass is 9.34. The van der Waals surface area contributed by atoms with Crippen LogP contribution in [0.2, 0.25) is 0 Å². The van der Waals surface area contributed by atoms with Crippen LogP contribution in [0.3, 0.4) is 0 Å². The Balaban J connectivity index is 1.65. The maximum absolute atomic E-state index is 12.8. The van der Waals surface area contributed by atoms with E-state index in [1.165, 1.54) is 29.6 Å². The van der Waals surface area contributed by atoms with Crippen molar-refractivity contribution in [3.8, 4) is 0 Å². The summed E-state index contributed by atoms with van der Waals surface area (Å²) in [5, 5.41) is 21.4. The van der Waals surface area contributed by atoms with E-state index in [2.05, 4.69) is 54.5 Å². The largest absolute Gasteiger partial charge is 0.481 e. The van der Waals surface area contributed by atoms with E-state index in [1.807, 2.05) is 0 Å². The number of aliphatic carboxylic acids is 1. The van der Waals surface area contributed by atoms with Gasteiger partial charge in [0, 0.05) is 0 Å². The molecule has 0 radical (unpaired) electrons. The first-order chi connectivity index (χ1) is 15.3. The molecule has 0 saturated heterocycles. The molecule has 184 valence electrons. The summed E-state index contributed by atoms with van der Waals surface area (Å²) in [5.74, 6) is 0.999. The van der Waals surface area contributed by atoms with Crippen molar-refractivity contribution in [1.82, 2.24) is 0 Å². The van der Waals surface area contributed by atoms with Gasteiger partial charge in [0.05, 0.1) is 11.5 Å². The topological polar surface area (TPSA) is 57.5 Å². The summed E-state index contributed by atoms with van der Waals surface area (Å²) in [6.45, 7) is 16.7. The molecule has 0 amide bonds. The Labute approximate surface area is 201 Å². The number of aliphatic hydroxyl groups excluding tert-OH is 1. The van der Waals surface area contributed by atoms with Gasteiger partial charge in [0.2, 0.25) is 0 Å². The standard InChI is InChI=1S/C30H46O3/c1-18-10-15-30(25(32)33)17-16-28(6)20(24(30)19(18)2)8-9-22-27(5)13-12-23(31)26(3,4)21(27)11-14-29(22,28)7/h8,18,21-23,31H,9-17H2,1-7H3,(H,32,33)/t18-,21-,22+,23-,27-,28-,29-,30+/m0/s1. The summed E-state index contributed by atoms with van der Waals surface area (Å²) in [5.41, 5.74) is 3.65. The van der Waals surface area contributed by atoms with Crippen molar-refractivity contribution >= 4 is 5.97 Å². The average Bonchev–Trinajstić information content (AvgIpc) is 2.74. The van der Waals surface area contributed by atoms with E-state index in [1.54, 1.807) is 0 Å². The van der Waals surface area contributed by atoms with Gasteiger partial charge < -0.3 is 10.2 Å². The van der Waals surface area contributed by atoms with Crippen molar-refractivity contribution < 1.29 is 15.0 Å². The fraction of sp³-hybridized carbons (Fsp3) is 0.833. The van der Waals surface area contributed by atoms with Crippen LogP contribution in [0.15, 0.2) is 22.8 Å². The second kappa shape index (κ2) is 6.99. The van der Waals surface area contributed by atoms with Crippen molar-refractivity contribution in [2.75, 3.05) is 0 Å². The molecule has 3 fully saturated rings. The van der Waals surface area contributed by atoms with Crippen LogP contribution >= 0.6 is 0 Å². The summed E-state index contributed by atoms with van der Waals surface area (Å²) in [7, 11) is 0. The molecule has 0 heterocycles. The lowest BCUT2D eigenvalue weighted by Crippen LogP contribution is -2.64. The Hall–Kier alpha value is -1.09. The Morgan fingerprint density at radius 3 is 2.30 bits per heavy atom. The minimum atomic E-state index is -0.677. The summed E-state index contributed by atoms with van der Waals surface area (Å²) in [6, 6.07) is 0. The number of aliphatic hydroxyl groups is 1. The summed E-state index contributed by atoms with van der Waals surface area (Å²) >= 11 is 0. The molecule has 33 heavy (non-hydrogen) atoms. The van der Waals surface area contributed by atoms with Gasteiger partial charge in [-0.2, -0.15) is 0 Å². The number of rotatable bonds is 1. The van der Waals surface area contributed by atoms with E-state index in [-0.39, 0.29) is 27.8 Å². The van der Waals surface area contributed by atoms with Crippen LogP contribution in [0.5, 0.6) is 0 Å². The SMILES string of the molecule is CC1=C2C3=CC[C@@H]4[C@@]5(C)CC[C@H](O)C(C)(C)[C@@H]5CC[C@]4(C)[C@@]3(C)CC[C@]2(C(=O)O)CC[C@@H]1C. The van der Waals surface area contributed by atoms with E-state index in [4.69, 9.17) is 0 Å². The highest BCUT2D eigenvalue weighted by molar-refractivity contribution is 5.82. The van der Waals surface area contributed by atoms with Crippen LogP contribution in [-0.2, 0) is 4.79 Å². The van der Waals surface area contributed by atoms with Crippen LogP contribution in [0.4, 0.5) is 0 Å². The van der Waals surface area contributed by atoms with Crippen molar-refractivity contribution in [1.29, 1.82) is 0 Å². The molecule has 8 atom stereocenters. The number of hydrogen-bond acceptors (Lipinski definition) is 2. The number of carbonyl (C=O) groups is 1. The number of carboxylic acid groups (broad SMARTS) is 1. The molecule has 0 aromatic rings. The number of hydrogen-bond donors (Lipinski definition) is 2. The molecule has 0 spiro atoms. The molecule has 2 N–H and O–H groups in total. The maximum atomic E-state index is 12.8. The van der Waals surface area contributed by atoms with Crippen LogP contribution in [-0.4, -0.2) is 22.3 Å². The van der Waals surface area contributed by atoms with E-state index >= 15 is 0 Å². The molecule has 0 bridgehead atoms. The Kier molecular flexibility index (Phi) is 5.01. The van der Waals surface area contributed by atoms with E-state index < -0.39 is 11.4 Å². The smallest absolute Gasteiger partial charge is 0.314 e. The molecule has 5 aliphatic carbocycles. The third-order valence-corrected chi connectivity index (χ3v) is 12.8. The van der Waals surface area contributed by atoms with Gasteiger partial charge in [-0.15, -0.1) is 0 Å². The maximum Gasteiger partial charge on any atom is 0.314 e. The van der Waals surface area contributed by atoms with E-state index in [9.17, 15) is 15.0 Å². The fourth-order valence-corrected chi connectivity index (χ4v) is 10.2. The van der Waals surface area contributed by atoms with Crippen LogP contribution in [0, 0.1) is 44.8 Å². The molecule has 0 unspecified atom stereocenters. The Morgan fingerprint density at radius 1 is 0.939 bits per heavy atom. The van der Waals surface area contributed by atoms with Crippen molar-refractivity contribution in [3.05, 3.63) is 22.8 Å². The number of fused-ring (bicyclic) bond motifs is 7. The highest BCUT2D eigenvalue weighted by atomic mass is 16.4. The zero-order valence-corrected chi connectivity index (χ0v) is 22.1. The van der Waals surface area contributed by atoms with Gasteiger partial charge in [0.25, 0.3) is 0 Å². The van der Waals surface area contributed by atoms with Crippen molar-refractivity contribution in [3.63, 3.8) is 0 Å². The van der Waals surface area contributed by atoms with Gasteiger partial charge in [-0.05, 0) is 115 Å². The summed E-state index contributed by atoms with van der Waals surface area (Å²) in [4.78, 5) is 12.8. The third-order valence-electron chi connectivity index (χ3n) is 12.8. The highest BCUT2D eigenvalue weighted by Gasteiger charge is 2.68. The molecule has 5 rings (SSSR count). The van der Waals surface area contributed by atoms with Gasteiger partial charge in [-0.3, -0.25) is 4.79 Å². The molecule has 0 aromatic carbocycles. The van der Waals surface area contributed by atoms with Crippen LogP contribution in [0.25, 0.3) is 0 Å². The molecule has 5 aliphatic rings. The zero-order chi connectivity index (χ0) is 24.2. The second-order valence-electron chi connectivity index (χ2n) is 14.0. The monoisotopic (exact) mass is 454 g/mol. The number of carboxylic acids is 1. The van der Waals surface area contributed by atoms with Gasteiger partial charge in [-0.1, -0.05) is 53.2 Å².